The smallest absolute Gasteiger partial charge is 0.312 e. The number of halogens is 1. The monoisotopic (exact) mass is 375 g/mol. The van der Waals surface area contributed by atoms with E-state index in [4.69, 9.17) is 16.3 Å². The van der Waals surface area contributed by atoms with Crippen molar-refractivity contribution in [2.24, 2.45) is 17.3 Å². The van der Waals surface area contributed by atoms with E-state index in [1.807, 2.05) is 0 Å². The summed E-state index contributed by atoms with van der Waals surface area (Å²) in [7, 11) is 0. The van der Waals surface area contributed by atoms with Crippen LogP contribution in [0.25, 0.3) is 0 Å². The summed E-state index contributed by atoms with van der Waals surface area (Å²) in [4.78, 5) is 36.4. The van der Waals surface area contributed by atoms with E-state index in [0.717, 1.165) is 32.1 Å². The minimum absolute atomic E-state index is 0.283. The molecule has 0 aliphatic heterocycles. The summed E-state index contributed by atoms with van der Waals surface area (Å²) in [6.45, 7) is -0.441. The maximum absolute atomic E-state index is 12.8. The average molecular weight is 376 g/mol. The molecule has 0 heterocycles. The van der Waals surface area contributed by atoms with Crippen molar-refractivity contribution in [3.05, 3.63) is 35.9 Å². The van der Waals surface area contributed by atoms with Crippen LogP contribution in [0.5, 0.6) is 0 Å². The highest BCUT2D eigenvalue weighted by atomic mass is 35.5. The predicted molar refractivity (Wildman–Crippen MR) is 95.6 cm³/mol. The van der Waals surface area contributed by atoms with E-state index in [2.05, 4.69) is 5.32 Å². The number of esters is 1. The molecule has 2 unspecified atom stereocenters. The zero-order valence-corrected chi connectivity index (χ0v) is 15.3. The van der Waals surface area contributed by atoms with E-state index in [0.29, 0.717) is 23.8 Å². The molecular formula is C20H22ClNO4. The van der Waals surface area contributed by atoms with Gasteiger partial charge in [0, 0.05) is 10.4 Å². The Kier molecular flexibility index (Phi) is 4.30. The Morgan fingerprint density at radius 3 is 2.35 bits per heavy atom. The molecule has 1 aromatic rings. The molecular weight excluding hydrogens is 354 g/mol. The fraction of sp³-hybridized carbons (Fsp3) is 0.550. The van der Waals surface area contributed by atoms with Gasteiger partial charge in [0.1, 0.15) is 0 Å². The van der Waals surface area contributed by atoms with Crippen molar-refractivity contribution in [2.75, 3.05) is 6.61 Å². The van der Waals surface area contributed by atoms with Crippen LogP contribution in [-0.4, -0.2) is 29.3 Å². The molecule has 2 amide bonds. The minimum Gasteiger partial charge on any atom is -0.455 e. The van der Waals surface area contributed by atoms with Crippen molar-refractivity contribution >= 4 is 29.4 Å². The van der Waals surface area contributed by atoms with Crippen molar-refractivity contribution in [2.45, 2.75) is 43.4 Å². The molecule has 0 spiro atoms. The Morgan fingerprint density at radius 2 is 1.73 bits per heavy atom. The fourth-order valence-electron chi connectivity index (χ4n) is 5.50. The molecule has 26 heavy (non-hydrogen) atoms. The lowest BCUT2D eigenvalue weighted by molar-refractivity contribution is -0.171. The Labute approximate surface area is 157 Å². The number of hydrogen-bond acceptors (Lipinski definition) is 4. The van der Waals surface area contributed by atoms with E-state index in [9.17, 15) is 14.4 Å². The number of ether oxygens (including phenoxy) is 1. The molecule has 0 aromatic heterocycles. The van der Waals surface area contributed by atoms with Gasteiger partial charge in [-0.15, -0.1) is 11.6 Å². The summed E-state index contributed by atoms with van der Waals surface area (Å²) >= 11 is 6.73. The van der Waals surface area contributed by atoms with Crippen LogP contribution in [0, 0.1) is 17.3 Å². The molecule has 4 saturated carbocycles. The molecule has 5 rings (SSSR count). The second-order valence-corrected chi connectivity index (χ2v) is 9.01. The van der Waals surface area contributed by atoms with Gasteiger partial charge in [-0.3, -0.25) is 19.7 Å². The minimum atomic E-state index is -0.613. The third kappa shape index (κ3) is 3.25. The molecule has 4 bridgehead atoms. The first kappa shape index (κ1) is 17.5. The Bertz CT molecular complexity index is 733. The number of carbonyl (C=O) groups excluding carboxylic acids is 3. The Morgan fingerprint density at radius 1 is 1.08 bits per heavy atom. The quantitative estimate of drug-likeness (QED) is 0.648. The van der Waals surface area contributed by atoms with E-state index in [-0.39, 0.29) is 10.8 Å². The van der Waals surface area contributed by atoms with Gasteiger partial charge >= 0.3 is 5.97 Å². The summed E-state index contributed by atoms with van der Waals surface area (Å²) in [6, 6.07) is 8.45. The molecule has 4 aliphatic rings. The number of alkyl halides is 1. The molecule has 4 atom stereocenters. The van der Waals surface area contributed by atoms with Crippen LogP contribution in [0.15, 0.2) is 30.3 Å². The van der Waals surface area contributed by atoms with Crippen LogP contribution in [0.4, 0.5) is 0 Å². The van der Waals surface area contributed by atoms with Crippen molar-refractivity contribution in [1.29, 1.82) is 0 Å². The van der Waals surface area contributed by atoms with E-state index in [1.165, 1.54) is 0 Å². The number of imide groups is 1. The van der Waals surface area contributed by atoms with Crippen LogP contribution in [0.2, 0.25) is 0 Å². The highest BCUT2D eigenvalue weighted by Gasteiger charge is 2.60. The second-order valence-electron chi connectivity index (χ2n) is 8.21. The van der Waals surface area contributed by atoms with Gasteiger partial charge in [0.2, 0.25) is 0 Å². The van der Waals surface area contributed by atoms with Gasteiger partial charge in [0.05, 0.1) is 5.41 Å². The Balaban J connectivity index is 1.34. The fourth-order valence-corrected chi connectivity index (χ4v) is 6.19. The maximum atomic E-state index is 12.8. The lowest BCUT2D eigenvalue weighted by atomic mass is 9.49. The van der Waals surface area contributed by atoms with Gasteiger partial charge in [-0.2, -0.15) is 0 Å². The van der Waals surface area contributed by atoms with E-state index >= 15 is 0 Å². The van der Waals surface area contributed by atoms with Gasteiger partial charge in [0.15, 0.2) is 6.61 Å². The van der Waals surface area contributed by atoms with Crippen molar-refractivity contribution in [3.63, 3.8) is 0 Å². The highest BCUT2D eigenvalue weighted by molar-refractivity contribution is 6.24. The van der Waals surface area contributed by atoms with Crippen molar-refractivity contribution < 1.29 is 19.1 Å². The lowest BCUT2D eigenvalue weighted by Crippen LogP contribution is -2.56. The normalized spacial score (nSPS) is 34.3. The lowest BCUT2D eigenvalue weighted by Gasteiger charge is -2.58. The third-order valence-electron chi connectivity index (χ3n) is 6.05. The molecule has 4 fully saturated rings. The van der Waals surface area contributed by atoms with Crippen LogP contribution in [0.1, 0.15) is 48.9 Å². The predicted octanol–water partition coefficient (Wildman–Crippen LogP) is 3.06. The number of amides is 2. The van der Waals surface area contributed by atoms with E-state index < -0.39 is 23.8 Å². The Hall–Kier alpha value is -1.88. The van der Waals surface area contributed by atoms with Crippen molar-refractivity contribution in [1.82, 2.24) is 5.32 Å². The number of carbonyl (C=O) groups is 3. The number of hydrogen-bond donors (Lipinski definition) is 1. The zero-order chi connectivity index (χ0) is 18.4. The molecule has 1 N–H and O–H groups in total. The van der Waals surface area contributed by atoms with Gasteiger partial charge in [-0.25, -0.2) is 0 Å². The molecule has 4 aliphatic carbocycles. The first-order chi connectivity index (χ1) is 12.4. The number of nitrogens with one attached hydrogen (secondary N) is 1. The summed E-state index contributed by atoms with van der Waals surface area (Å²) in [5.41, 5.74) is -0.160. The van der Waals surface area contributed by atoms with Gasteiger partial charge in [0.25, 0.3) is 11.8 Å². The number of benzene rings is 1. The van der Waals surface area contributed by atoms with Crippen molar-refractivity contribution in [3.8, 4) is 0 Å². The number of rotatable bonds is 4. The van der Waals surface area contributed by atoms with Crippen LogP contribution < -0.4 is 5.32 Å². The third-order valence-corrected chi connectivity index (χ3v) is 6.49. The highest BCUT2D eigenvalue weighted by Crippen LogP contribution is 2.64. The first-order valence-electron chi connectivity index (χ1n) is 9.13. The summed E-state index contributed by atoms with van der Waals surface area (Å²) in [6.07, 6.45) is 5.36. The first-order valence-corrected chi connectivity index (χ1v) is 9.51. The average Bonchev–Trinajstić information content (AvgIpc) is 2.58. The zero-order valence-electron chi connectivity index (χ0n) is 14.5. The van der Waals surface area contributed by atoms with Gasteiger partial charge in [-0.1, -0.05) is 18.2 Å². The summed E-state index contributed by atoms with van der Waals surface area (Å²) < 4.78 is 5.31. The molecule has 6 heteroatoms. The topological polar surface area (TPSA) is 72.5 Å². The second kappa shape index (κ2) is 6.38. The van der Waals surface area contributed by atoms with Crippen LogP contribution in [-0.2, 0) is 14.3 Å². The molecule has 0 saturated heterocycles. The largest absolute Gasteiger partial charge is 0.455 e. The SMILES string of the molecule is O=C(COC(=O)C12C[C@@H]3C[C@@H](CC(Cl)(C3)C1)C2)NC(=O)c1ccccc1. The molecule has 1 aromatic carbocycles. The maximum Gasteiger partial charge on any atom is 0.312 e. The summed E-state index contributed by atoms with van der Waals surface area (Å²) in [5.74, 6) is -0.484. The standard InChI is InChI=1S/C20H22ClNO4/c21-20-9-13-6-14(10-20)8-19(7-13,12-20)18(25)26-11-16(23)22-17(24)15-4-2-1-3-5-15/h1-5,13-14H,6-12H2,(H,22,23,24)/t13-,14+,19?,20?. The van der Waals surface area contributed by atoms with Gasteiger partial charge in [-0.05, 0) is 62.5 Å². The van der Waals surface area contributed by atoms with Crippen LogP contribution in [0.3, 0.4) is 0 Å². The molecule has 138 valence electrons. The van der Waals surface area contributed by atoms with E-state index in [1.54, 1.807) is 30.3 Å². The summed E-state index contributed by atoms with van der Waals surface area (Å²) in [5, 5.41) is 2.25. The van der Waals surface area contributed by atoms with Gasteiger partial charge < -0.3 is 4.74 Å². The molecule has 5 nitrogen and oxygen atoms in total. The molecule has 0 radical (unpaired) electrons. The van der Waals surface area contributed by atoms with Crippen LogP contribution >= 0.6 is 11.6 Å².